The zero-order valence-corrected chi connectivity index (χ0v) is 53.3. The van der Waals surface area contributed by atoms with Gasteiger partial charge in [-0.2, -0.15) is 0 Å². The van der Waals surface area contributed by atoms with Gasteiger partial charge in [-0.25, -0.2) is 0 Å². The van der Waals surface area contributed by atoms with Gasteiger partial charge in [-0.3, -0.25) is 81.5 Å². The lowest BCUT2D eigenvalue weighted by Gasteiger charge is -2.29. The minimum atomic E-state index is -2.14. The largest absolute Gasteiger partial charge is 0.481 e. The predicted molar refractivity (Wildman–Crippen MR) is 321 cm³/mol. The third-order valence-electron chi connectivity index (χ3n) is 14.2. The van der Waals surface area contributed by atoms with E-state index in [-0.39, 0.29) is 37.6 Å². The zero-order chi connectivity index (χ0) is 71.3. The number of carboxylic acids is 2. The van der Waals surface area contributed by atoms with Crippen molar-refractivity contribution in [3.8, 4) is 0 Å². The van der Waals surface area contributed by atoms with Crippen molar-refractivity contribution in [2.45, 2.75) is 192 Å². The summed E-state index contributed by atoms with van der Waals surface area (Å²) >= 11 is 0. The van der Waals surface area contributed by atoms with Crippen LogP contribution in [0.1, 0.15) is 114 Å². The van der Waals surface area contributed by atoms with Gasteiger partial charge in [0, 0.05) is 19.4 Å². The Bertz CT molecular complexity index is 2720. The van der Waals surface area contributed by atoms with Crippen molar-refractivity contribution in [1.29, 1.82) is 0 Å². The minimum absolute atomic E-state index is 0.00310. The van der Waals surface area contributed by atoms with Gasteiger partial charge >= 0.3 is 11.9 Å². The number of nitrogens with one attached hydrogen (secondary N) is 12. The van der Waals surface area contributed by atoms with Crippen molar-refractivity contribution in [3.63, 3.8) is 0 Å². The number of hydrogen-bond acceptors (Lipinski definition) is 21. The number of carbonyl (C=O) groups excluding carboxylic acids is 15. The normalized spacial score (nSPS) is 16.6. The third-order valence-corrected chi connectivity index (χ3v) is 14.2. The minimum Gasteiger partial charge on any atom is -0.481 e. The molecular weight excluding hydrogens is 1240 g/mol. The number of amides is 15. The Hall–Kier alpha value is -9.17. The maximum atomic E-state index is 13.8. The van der Waals surface area contributed by atoms with Gasteiger partial charge in [-0.1, -0.05) is 41.5 Å². The molecule has 38 heteroatoms. The van der Waals surface area contributed by atoms with E-state index in [4.69, 9.17) is 17.2 Å². The second-order valence-electron chi connectivity index (χ2n) is 23.2. The van der Waals surface area contributed by atoms with Gasteiger partial charge < -0.3 is 111 Å². The number of aliphatic carboxylic acids is 2. The molecule has 0 spiro atoms. The second-order valence-corrected chi connectivity index (χ2v) is 23.2. The van der Waals surface area contributed by atoms with Gasteiger partial charge in [0.2, 0.25) is 88.6 Å². The molecule has 1 fully saturated rings. The van der Waals surface area contributed by atoms with E-state index in [1.165, 1.54) is 6.92 Å². The van der Waals surface area contributed by atoms with Crippen LogP contribution in [0.3, 0.4) is 0 Å². The molecule has 38 nitrogen and oxygen atoms in total. The van der Waals surface area contributed by atoms with E-state index < -0.39 is 243 Å². The Morgan fingerprint density at radius 1 is 0.462 bits per heavy atom. The fourth-order valence-electron chi connectivity index (χ4n) is 8.72. The lowest BCUT2D eigenvalue weighted by atomic mass is 10.0. The van der Waals surface area contributed by atoms with Crippen LogP contribution in [0.4, 0.5) is 0 Å². The Morgan fingerprint density at radius 2 is 0.892 bits per heavy atom. The van der Waals surface area contributed by atoms with E-state index in [1.807, 2.05) is 0 Å². The van der Waals surface area contributed by atoms with Crippen molar-refractivity contribution in [2.24, 2.45) is 35.0 Å². The molecule has 1 aliphatic heterocycles. The summed E-state index contributed by atoms with van der Waals surface area (Å²) in [5.74, 6) is -19.6. The van der Waals surface area contributed by atoms with E-state index >= 15 is 0 Å². The fourth-order valence-corrected chi connectivity index (χ4v) is 8.72. The molecule has 23 N–H and O–H groups in total. The van der Waals surface area contributed by atoms with Crippen molar-refractivity contribution in [1.82, 2.24) is 68.7 Å². The van der Waals surface area contributed by atoms with Crippen LogP contribution in [-0.2, 0) is 81.5 Å². The molecule has 13 atom stereocenters. The van der Waals surface area contributed by atoms with Crippen molar-refractivity contribution < 1.29 is 107 Å². The molecule has 0 radical (unpaired) electrons. The van der Waals surface area contributed by atoms with Gasteiger partial charge in [0.15, 0.2) is 0 Å². The summed E-state index contributed by atoms with van der Waals surface area (Å²) in [4.78, 5) is 221. The first-order chi connectivity index (χ1) is 43.3. The molecule has 0 saturated carbocycles. The molecule has 0 bridgehead atoms. The number of carbonyl (C=O) groups is 17. The molecular formula is C55H92N16O22. The number of nitrogens with two attached hydrogens (primary N) is 3. The number of aliphatic hydroxyl groups excluding tert-OH is 3. The molecule has 0 aromatic heterocycles. The summed E-state index contributed by atoms with van der Waals surface area (Å²) in [6, 6.07) is -20.1. The van der Waals surface area contributed by atoms with E-state index in [0.717, 1.165) is 18.7 Å². The standard InChI is InChI=1S/C55H92N16O22/c1-23(2)17-31(43(58)81)66-45(83)27(8)62-50(88)33(20-72)68-46(84)28(9)60-47(85)30(13-15-39(77)78)65-49(87)32(18-40(79)80)67-48(86)29(12-14-37(56)75)64-44(82)26(7)61-51(89)34(21-73)69-52(90)36-11-10-16-71(36)55(93)35(22-74)63-38(76)19-59-54(92)42(25(5)6)70-53(91)41(57)24(3)4/h23-36,41-42,72-74H,10-22,57H2,1-9H3,(H2,56,75)(H2,58,81)(H,59,92)(H,60,85)(H,61,89)(H,62,88)(H,63,76)(H,64,82)(H,65,87)(H,66,83)(H,67,86)(H,68,84)(H,69,90)(H,70,91)(H,77,78)(H,79,80)/t26-,27-,28-,29-,30-,31-,32-,33-,34-,35-,36-,41-,42-/m0/s1. The molecule has 1 aliphatic rings. The number of carboxylic acid groups (broad SMARTS) is 2. The average molecular weight is 1330 g/mol. The molecule has 1 rings (SSSR count). The fraction of sp³-hybridized carbons (Fsp3) is 0.691. The van der Waals surface area contributed by atoms with E-state index in [9.17, 15) is 107 Å². The Kier molecular flexibility index (Phi) is 35.2. The molecule has 1 heterocycles. The van der Waals surface area contributed by atoms with Crippen LogP contribution >= 0.6 is 0 Å². The maximum Gasteiger partial charge on any atom is 0.305 e. The predicted octanol–water partition coefficient (Wildman–Crippen LogP) is -9.76. The second kappa shape index (κ2) is 39.9. The summed E-state index contributed by atoms with van der Waals surface area (Å²) in [5.41, 5.74) is 16.5. The van der Waals surface area contributed by atoms with Crippen LogP contribution in [0.15, 0.2) is 0 Å². The highest BCUT2D eigenvalue weighted by atomic mass is 16.4. The summed E-state index contributed by atoms with van der Waals surface area (Å²) in [5, 5.41) is 76.3. The molecule has 15 amide bonds. The molecule has 0 unspecified atom stereocenters. The van der Waals surface area contributed by atoms with Gasteiger partial charge in [0.1, 0.15) is 72.5 Å². The first kappa shape index (κ1) is 81.8. The van der Waals surface area contributed by atoms with E-state index in [0.29, 0.717) is 0 Å². The quantitative estimate of drug-likeness (QED) is 0.0270. The Morgan fingerprint density at radius 3 is 1.33 bits per heavy atom. The molecule has 93 heavy (non-hydrogen) atoms. The van der Waals surface area contributed by atoms with Crippen LogP contribution in [0.25, 0.3) is 0 Å². The zero-order valence-electron chi connectivity index (χ0n) is 53.3. The highest BCUT2D eigenvalue weighted by Crippen LogP contribution is 2.19. The SMILES string of the molecule is CC(C)C[C@H](NC(=O)[C@H](C)NC(=O)[C@H](CO)NC(=O)[C@H](C)NC(=O)[C@H](CCC(=O)O)NC(=O)[C@H](CC(=O)O)NC(=O)[C@H](CCC(N)=O)NC(=O)[C@H](C)NC(=O)[C@H](CO)NC(=O)[C@@H]1CCCN1C(=O)[C@H](CO)NC(=O)CNC(=O)[C@@H](NC(=O)[C@@H](N)C(C)C)C(C)C)C(N)=O. The molecule has 524 valence electrons. The first-order valence-corrected chi connectivity index (χ1v) is 29.8. The summed E-state index contributed by atoms with van der Waals surface area (Å²) in [6.45, 7) is 9.71. The topological polar surface area (TPSA) is 617 Å². The summed E-state index contributed by atoms with van der Waals surface area (Å²) < 4.78 is 0. The molecule has 0 aliphatic carbocycles. The summed E-state index contributed by atoms with van der Waals surface area (Å²) in [6.07, 6.45) is -3.65. The van der Waals surface area contributed by atoms with Gasteiger partial charge in [-0.15, -0.1) is 0 Å². The lowest BCUT2D eigenvalue weighted by molar-refractivity contribution is -0.143. The Balaban J connectivity index is 3.17. The van der Waals surface area contributed by atoms with Gasteiger partial charge in [-0.05, 0) is 70.6 Å². The number of nitrogens with zero attached hydrogens (tertiary/aromatic N) is 1. The number of aliphatic hydroxyl groups is 3. The smallest absolute Gasteiger partial charge is 0.305 e. The highest BCUT2D eigenvalue weighted by molar-refractivity contribution is 6.00. The van der Waals surface area contributed by atoms with E-state index in [2.05, 4.69) is 63.8 Å². The van der Waals surface area contributed by atoms with Crippen molar-refractivity contribution >= 4 is 101 Å². The van der Waals surface area contributed by atoms with Gasteiger partial charge in [0.05, 0.1) is 38.8 Å². The van der Waals surface area contributed by atoms with Crippen molar-refractivity contribution in [2.75, 3.05) is 32.9 Å². The van der Waals surface area contributed by atoms with Crippen LogP contribution in [0.2, 0.25) is 0 Å². The number of rotatable bonds is 41. The average Bonchev–Trinajstić information content (AvgIpc) is 1.86. The number of primary amides is 2. The maximum absolute atomic E-state index is 13.8. The van der Waals surface area contributed by atoms with Crippen LogP contribution in [-0.4, -0.2) is 242 Å². The van der Waals surface area contributed by atoms with Crippen LogP contribution in [0.5, 0.6) is 0 Å². The third kappa shape index (κ3) is 28.5. The lowest BCUT2D eigenvalue weighted by Crippen LogP contribution is -2.61. The Labute approximate surface area is 535 Å². The van der Waals surface area contributed by atoms with Crippen LogP contribution < -0.4 is 81.0 Å². The summed E-state index contributed by atoms with van der Waals surface area (Å²) in [7, 11) is 0. The van der Waals surface area contributed by atoms with Crippen molar-refractivity contribution in [3.05, 3.63) is 0 Å². The molecule has 0 aromatic rings. The van der Waals surface area contributed by atoms with Crippen LogP contribution in [0, 0.1) is 17.8 Å². The van der Waals surface area contributed by atoms with Gasteiger partial charge in [0.25, 0.3) is 0 Å². The molecule has 0 aromatic carbocycles. The number of hydrogen-bond donors (Lipinski definition) is 20. The monoisotopic (exact) mass is 1330 g/mol. The van der Waals surface area contributed by atoms with E-state index in [1.54, 1.807) is 41.5 Å². The number of likely N-dealkylation sites (tertiary alicyclic amines) is 1. The highest BCUT2D eigenvalue weighted by Gasteiger charge is 2.40. The first-order valence-electron chi connectivity index (χ1n) is 29.8. The molecule has 1 saturated heterocycles.